The average molecular weight is 520 g/mol. The number of halogens is 1. The maximum Gasteiger partial charge on any atom is 0.224 e. The summed E-state index contributed by atoms with van der Waals surface area (Å²) in [6.07, 6.45) is 5.53. The maximum atomic E-state index is 14.1. The Balaban J connectivity index is 1.39. The zero-order valence-electron chi connectivity index (χ0n) is 21.7. The van der Waals surface area contributed by atoms with Gasteiger partial charge in [-0.2, -0.15) is 5.10 Å². The average Bonchev–Trinajstić information content (AvgIpc) is 3.51. The lowest BCUT2D eigenvalue weighted by molar-refractivity contribution is -0.116. The number of aromatic nitrogens is 6. The van der Waals surface area contributed by atoms with Gasteiger partial charge in [0, 0.05) is 35.3 Å². The van der Waals surface area contributed by atoms with E-state index in [4.69, 9.17) is 4.98 Å². The van der Waals surface area contributed by atoms with Crippen molar-refractivity contribution in [3.8, 4) is 33.9 Å². The zero-order chi connectivity index (χ0) is 27.1. The van der Waals surface area contributed by atoms with Gasteiger partial charge in [-0.3, -0.25) is 19.9 Å². The van der Waals surface area contributed by atoms with Gasteiger partial charge in [0.05, 0.1) is 28.6 Å². The molecule has 8 nitrogen and oxygen atoms in total. The molecule has 6 aromatic rings. The van der Waals surface area contributed by atoms with Gasteiger partial charge < -0.3 is 10.3 Å². The van der Waals surface area contributed by atoms with Gasteiger partial charge in [0.15, 0.2) is 5.82 Å². The summed E-state index contributed by atoms with van der Waals surface area (Å²) in [4.78, 5) is 29.3. The molecule has 4 aromatic heterocycles. The van der Waals surface area contributed by atoms with E-state index < -0.39 is 0 Å². The Labute approximate surface area is 223 Å². The van der Waals surface area contributed by atoms with E-state index >= 15 is 0 Å². The second-order valence-corrected chi connectivity index (χ2v) is 10.1. The standard InChI is InChI=1S/C30H26FN7O/c1-16(2)8-26(39)34-22-12-20(14-32-15-22)18-4-5-24-23(13-18)28(38-37-24)30-35-25-6-7-33-27(29(25)36-30)19-9-17(3)10-21(31)11-19/h4-7,9-16H,8H2,1-3H3,(H,34,39)(H,35,36)(H,37,38). The van der Waals surface area contributed by atoms with Crippen molar-refractivity contribution in [2.75, 3.05) is 5.32 Å². The molecule has 0 spiro atoms. The molecule has 0 aliphatic rings. The number of amides is 1. The Morgan fingerprint density at radius 1 is 0.974 bits per heavy atom. The van der Waals surface area contributed by atoms with Crippen molar-refractivity contribution in [1.82, 2.24) is 30.1 Å². The molecule has 0 saturated heterocycles. The van der Waals surface area contributed by atoms with E-state index in [2.05, 4.69) is 30.5 Å². The van der Waals surface area contributed by atoms with Crippen LogP contribution in [0.25, 0.3) is 55.8 Å². The molecule has 0 aliphatic heterocycles. The molecule has 194 valence electrons. The van der Waals surface area contributed by atoms with E-state index in [9.17, 15) is 9.18 Å². The van der Waals surface area contributed by atoms with Gasteiger partial charge in [-0.25, -0.2) is 9.37 Å². The minimum atomic E-state index is -0.316. The highest BCUT2D eigenvalue weighted by molar-refractivity contribution is 5.98. The quantitative estimate of drug-likeness (QED) is 0.228. The summed E-state index contributed by atoms with van der Waals surface area (Å²) in [6.45, 7) is 5.86. The number of carbonyl (C=O) groups is 1. The number of anilines is 1. The van der Waals surface area contributed by atoms with Crippen LogP contribution in [0.4, 0.5) is 10.1 Å². The van der Waals surface area contributed by atoms with Crippen molar-refractivity contribution in [3.05, 3.63) is 78.5 Å². The summed E-state index contributed by atoms with van der Waals surface area (Å²) in [7, 11) is 0. The number of rotatable bonds is 6. The van der Waals surface area contributed by atoms with Gasteiger partial charge in [0.2, 0.25) is 5.91 Å². The fourth-order valence-electron chi connectivity index (χ4n) is 4.75. The Hall–Kier alpha value is -4.92. The van der Waals surface area contributed by atoms with Crippen LogP contribution in [0.2, 0.25) is 0 Å². The van der Waals surface area contributed by atoms with Crippen molar-refractivity contribution >= 4 is 33.5 Å². The molecule has 9 heteroatoms. The number of nitrogens with one attached hydrogen (secondary N) is 3. The Bertz CT molecular complexity index is 1830. The van der Waals surface area contributed by atoms with Gasteiger partial charge in [-0.05, 0) is 66.4 Å². The molecule has 0 radical (unpaired) electrons. The van der Waals surface area contributed by atoms with Gasteiger partial charge in [0.25, 0.3) is 0 Å². The highest BCUT2D eigenvalue weighted by Gasteiger charge is 2.17. The number of aryl methyl sites for hydroxylation is 1. The van der Waals surface area contributed by atoms with Crippen molar-refractivity contribution in [2.24, 2.45) is 5.92 Å². The van der Waals surface area contributed by atoms with Crippen molar-refractivity contribution in [1.29, 1.82) is 0 Å². The topological polar surface area (TPSA) is 112 Å². The predicted octanol–water partition coefficient (Wildman–Crippen LogP) is 6.66. The first-order valence-electron chi connectivity index (χ1n) is 12.7. The second kappa shape index (κ2) is 9.75. The first-order chi connectivity index (χ1) is 18.8. The van der Waals surface area contributed by atoms with Crippen LogP contribution in [-0.2, 0) is 4.79 Å². The smallest absolute Gasteiger partial charge is 0.224 e. The van der Waals surface area contributed by atoms with Gasteiger partial charge >= 0.3 is 0 Å². The largest absolute Gasteiger partial charge is 0.336 e. The third-order valence-corrected chi connectivity index (χ3v) is 6.45. The zero-order valence-corrected chi connectivity index (χ0v) is 21.7. The third-order valence-electron chi connectivity index (χ3n) is 6.45. The van der Waals surface area contributed by atoms with E-state index in [1.807, 2.05) is 57.2 Å². The molecule has 3 N–H and O–H groups in total. The van der Waals surface area contributed by atoms with E-state index in [1.165, 1.54) is 12.1 Å². The van der Waals surface area contributed by atoms with E-state index in [1.54, 1.807) is 18.6 Å². The Morgan fingerprint density at radius 3 is 2.67 bits per heavy atom. The molecular weight excluding hydrogens is 493 g/mol. The van der Waals surface area contributed by atoms with Crippen molar-refractivity contribution in [3.63, 3.8) is 0 Å². The Morgan fingerprint density at radius 2 is 1.85 bits per heavy atom. The molecule has 0 bridgehead atoms. The summed E-state index contributed by atoms with van der Waals surface area (Å²) in [5.74, 6) is 0.488. The number of carbonyl (C=O) groups excluding carboxylic acids is 1. The lowest BCUT2D eigenvalue weighted by Crippen LogP contribution is -2.13. The second-order valence-electron chi connectivity index (χ2n) is 10.1. The lowest BCUT2D eigenvalue weighted by atomic mass is 10.0. The van der Waals surface area contributed by atoms with Crippen LogP contribution in [0.3, 0.4) is 0 Å². The number of fused-ring (bicyclic) bond motifs is 2. The highest BCUT2D eigenvalue weighted by Crippen LogP contribution is 2.33. The van der Waals surface area contributed by atoms with Crippen molar-refractivity contribution in [2.45, 2.75) is 27.2 Å². The number of H-pyrrole nitrogens is 2. The normalized spacial score (nSPS) is 11.5. The van der Waals surface area contributed by atoms with Crippen LogP contribution in [-0.4, -0.2) is 36.0 Å². The minimum absolute atomic E-state index is 0.0383. The van der Waals surface area contributed by atoms with Crippen LogP contribution in [0.5, 0.6) is 0 Å². The van der Waals surface area contributed by atoms with Gasteiger partial charge in [0.1, 0.15) is 17.0 Å². The summed E-state index contributed by atoms with van der Waals surface area (Å²) in [5.41, 5.74) is 7.42. The molecule has 0 aliphatic carbocycles. The molecule has 0 unspecified atom stereocenters. The molecular formula is C30H26FN7O. The van der Waals surface area contributed by atoms with Crippen molar-refractivity contribution < 1.29 is 9.18 Å². The van der Waals surface area contributed by atoms with Crippen LogP contribution in [0, 0.1) is 18.7 Å². The summed E-state index contributed by atoms with van der Waals surface area (Å²) in [6, 6.07) is 14.5. The number of nitrogens with zero attached hydrogens (tertiary/aromatic N) is 4. The third kappa shape index (κ3) is 4.86. The summed E-state index contributed by atoms with van der Waals surface area (Å²) < 4.78 is 14.1. The maximum absolute atomic E-state index is 14.1. The molecule has 0 saturated carbocycles. The number of aromatic amines is 2. The number of imidazole rings is 1. The first kappa shape index (κ1) is 24.4. The number of pyridine rings is 2. The summed E-state index contributed by atoms with van der Waals surface area (Å²) in [5, 5.41) is 11.4. The SMILES string of the molecule is Cc1cc(F)cc(-c2nccc3[nH]c(-c4n[nH]c5ccc(-c6cncc(NC(=O)CC(C)C)c6)cc45)nc23)c1. The van der Waals surface area contributed by atoms with Gasteiger partial charge in [-0.1, -0.05) is 19.9 Å². The predicted molar refractivity (Wildman–Crippen MR) is 150 cm³/mol. The Kier molecular flexibility index (Phi) is 6.11. The molecule has 1 amide bonds. The van der Waals surface area contributed by atoms with Crippen LogP contribution in [0.15, 0.2) is 67.1 Å². The number of hydrogen-bond donors (Lipinski definition) is 3. The van der Waals surface area contributed by atoms with E-state index in [-0.39, 0.29) is 17.6 Å². The molecule has 0 atom stereocenters. The molecule has 2 aromatic carbocycles. The van der Waals surface area contributed by atoms with Crippen LogP contribution in [0.1, 0.15) is 25.8 Å². The highest BCUT2D eigenvalue weighted by atomic mass is 19.1. The van der Waals surface area contributed by atoms with Gasteiger partial charge in [-0.15, -0.1) is 0 Å². The van der Waals surface area contributed by atoms with Crippen LogP contribution < -0.4 is 5.32 Å². The number of hydrogen-bond acceptors (Lipinski definition) is 5. The first-order valence-corrected chi connectivity index (χ1v) is 12.7. The fraction of sp³-hybridized carbons (Fsp3) is 0.167. The monoisotopic (exact) mass is 519 g/mol. The number of benzene rings is 2. The molecule has 6 rings (SSSR count). The van der Waals surface area contributed by atoms with E-state index in [0.717, 1.165) is 33.1 Å². The molecule has 4 heterocycles. The van der Waals surface area contributed by atoms with E-state index in [0.29, 0.717) is 40.4 Å². The minimum Gasteiger partial charge on any atom is -0.336 e. The fourth-order valence-corrected chi connectivity index (χ4v) is 4.75. The molecule has 0 fully saturated rings. The van der Waals surface area contributed by atoms with Crippen LogP contribution >= 0.6 is 0 Å². The summed E-state index contributed by atoms with van der Waals surface area (Å²) >= 11 is 0. The molecule has 39 heavy (non-hydrogen) atoms. The lowest BCUT2D eigenvalue weighted by Gasteiger charge is -2.09.